The van der Waals surface area contributed by atoms with Crippen LogP contribution in [0.25, 0.3) is 0 Å². The van der Waals surface area contributed by atoms with E-state index in [0.717, 1.165) is 26.3 Å². The van der Waals surface area contributed by atoms with Gasteiger partial charge in [-0.15, -0.1) is 10.2 Å². The molecule has 116 valence electrons. The van der Waals surface area contributed by atoms with E-state index in [1.165, 1.54) is 35.9 Å². The van der Waals surface area contributed by atoms with Crippen molar-refractivity contribution in [3.05, 3.63) is 29.3 Å². The van der Waals surface area contributed by atoms with Crippen LogP contribution in [0, 0.1) is 13.8 Å². The van der Waals surface area contributed by atoms with Gasteiger partial charge in [-0.05, 0) is 49.9 Å². The van der Waals surface area contributed by atoms with Gasteiger partial charge in [0.15, 0.2) is 4.34 Å². The van der Waals surface area contributed by atoms with Gasteiger partial charge in [0.05, 0.1) is 5.75 Å². The minimum atomic E-state index is -0.0260. The summed E-state index contributed by atoms with van der Waals surface area (Å²) in [5, 5.41) is 15.3. The van der Waals surface area contributed by atoms with E-state index in [1.807, 2.05) is 26.0 Å². The second-order valence-electron chi connectivity index (χ2n) is 5.50. The monoisotopic (exact) mass is 334 g/mol. The molecule has 0 unspecified atom stereocenters. The van der Waals surface area contributed by atoms with Crippen molar-refractivity contribution in [3.8, 4) is 0 Å². The maximum absolute atomic E-state index is 12.0. The summed E-state index contributed by atoms with van der Waals surface area (Å²) in [5.74, 6) is 0.312. The minimum absolute atomic E-state index is 0.0260. The van der Waals surface area contributed by atoms with E-state index in [2.05, 4.69) is 26.9 Å². The lowest BCUT2D eigenvalue weighted by molar-refractivity contribution is -0.113. The highest BCUT2D eigenvalue weighted by molar-refractivity contribution is 8.01. The topological polar surface area (TPSA) is 66.9 Å². The summed E-state index contributed by atoms with van der Waals surface area (Å²) in [5.41, 5.74) is 3.13. The number of carbonyl (C=O) groups excluding carboxylic acids is 1. The Balaban J connectivity index is 1.50. The van der Waals surface area contributed by atoms with Gasteiger partial charge in [-0.3, -0.25) is 4.79 Å². The number of rotatable bonds is 6. The van der Waals surface area contributed by atoms with Crippen LogP contribution in [0.4, 0.5) is 10.8 Å². The first-order valence-corrected chi connectivity index (χ1v) is 9.00. The molecule has 1 saturated carbocycles. The number of aromatic nitrogens is 2. The average Bonchev–Trinajstić information content (AvgIpc) is 3.12. The number of amides is 1. The Bertz CT molecular complexity index is 662. The van der Waals surface area contributed by atoms with Gasteiger partial charge < -0.3 is 10.6 Å². The molecular formula is C15H18N4OS2. The summed E-state index contributed by atoms with van der Waals surface area (Å²) in [6.45, 7) is 4.04. The van der Waals surface area contributed by atoms with E-state index < -0.39 is 0 Å². The highest BCUT2D eigenvalue weighted by Crippen LogP contribution is 2.30. The smallest absolute Gasteiger partial charge is 0.234 e. The molecule has 0 aliphatic heterocycles. The maximum atomic E-state index is 12.0. The Morgan fingerprint density at radius 1 is 1.27 bits per heavy atom. The van der Waals surface area contributed by atoms with Crippen LogP contribution >= 0.6 is 23.1 Å². The predicted octanol–water partition coefficient (Wildman–Crippen LogP) is 3.46. The fourth-order valence-corrected chi connectivity index (χ4v) is 3.73. The summed E-state index contributed by atoms with van der Waals surface area (Å²) in [7, 11) is 0. The molecule has 5 nitrogen and oxygen atoms in total. The van der Waals surface area contributed by atoms with Crippen molar-refractivity contribution in [3.63, 3.8) is 0 Å². The number of carbonyl (C=O) groups is 1. The van der Waals surface area contributed by atoms with Crippen molar-refractivity contribution in [1.82, 2.24) is 10.2 Å². The van der Waals surface area contributed by atoms with Crippen molar-refractivity contribution >= 4 is 39.8 Å². The zero-order valence-corrected chi connectivity index (χ0v) is 14.2. The summed E-state index contributed by atoms with van der Waals surface area (Å²) in [6.07, 6.45) is 2.42. The molecule has 3 rings (SSSR count). The van der Waals surface area contributed by atoms with Crippen LogP contribution in [0.15, 0.2) is 22.5 Å². The number of benzene rings is 1. The van der Waals surface area contributed by atoms with Gasteiger partial charge in [0.2, 0.25) is 11.0 Å². The normalized spacial score (nSPS) is 13.9. The Hall–Kier alpha value is -1.60. The van der Waals surface area contributed by atoms with Crippen molar-refractivity contribution in [2.75, 3.05) is 16.4 Å². The largest absolute Gasteiger partial charge is 0.357 e. The Kier molecular flexibility index (Phi) is 4.63. The van der Waals surface area contributed by atoms with E-state index in [4.69, 9.17) is 0 Å². The summed E-state index contributed by atoms with van der Waals surface area (Å²) in [4.78, 5) is 12.0. The van der Waals surface area contributed by atoms with Gasteiger partial charge in [-0.2, -0.15) is 0 Å². The number of nitrogens with one attached hydrogen (secondary N) is 2. The SMILES string of the molecule is Cc1cc(C)cc(NC(=O)CSc2nnc(NC3CC3)s2)c1. The molecule has 0 bridgehead atoms. The molecule has 2 aromatic rings. The fourth-order valence-electron chi connectivity index (χ4n) is 2.10. The average molecular weight is 334 g/mol. The van der Waals surface area contributed by atoms with Crippen molar-refractivity contribution in [2.24, 2.45) is 0 Å². The maximum Gasteiger partial charge on any atom is 0.234 e. The van der Waals surface area contributed by atoms with Crippen LogP contribution in [-0.4, -0.2) is 27.9 Å². The van der Waals surface area contributed by atoms with E-state index >= 15 is 0 Å². The molecule has 1 aromatic heterocycles. The molecule has 22 heavy (non-hydrogen) atoms. The van der Waals surface area contributed by atoms with E-state index in [0.29, 0.717) is 11.8 Å². The quantitative estimate of drug-likeness (QED) is 0.792. The fraction of sp³-hybridized carbons (Fsp3) is 0.400. The molecule has 0 spiro atoms. The lowest BCUT2D eigenvalue weighted by Crippen LogP contribution is -2.14. The van der Waals surface area contributed by atoms with Gasteiger partial charge in [-0.25, -0.2) is 0 Å². The molecule has 1 aliphatic carbocycles. The first-order chi connectivity index (χ1) is 10.6. The van der Waals surface area contributed by atoms with Crippen LogP contribution in [-0.2, 0) is 4.79 Å². The first-order valence-electron chi connectivity index (χ1n) is 7.19. The van der Waals surface area contributed by atoms with Crippen molar-refractivity contribution in [2.45, 2.75) is 37.1 Å². The number of anilines is 2. The third-order valence-electron chi connectivity index (χ3n) is 3.14. The zero-order chi connectivity index (χ0) is 15.5. The molecule has 0 atom stereocenters. The summed E-state index contributed by atoms with van der Waals surface area (Å²) >= 11 is 2.92. The van der Waals surface area contributed by atoms with E-state index in [-0.39, 0.29) is 5.91 Å². The third-order valence-corrected chi connectivity index (χ3v) is 5.13. The van der Waals surface area contributed by atoms with Crippen LogP contribution < -0.4 is 10.6 Å². The summed E-state index contributed by atoms with van der Waals surface area (Å²) in [6, 6.07) is 6.59. The number of hydrogen-bond acceptors (Lipinski definition) is 6. The molecule has 0 saturated heterocycles. The van der Waals surface area contributed by atoms with Gasteiger partial charge in [0.25, 0.3) is 0 Å². The molecule has 7 heteroatoms. The molecular weight excluding hydrogens is 316 g/mol. The van der Waals surface area contributed by atoms with Gasteiger partial charge in [-0.1, -0.05) is 29.2 Å². The Morgan fingerprint density at radius 3 is 2.68 bits per heavy atom. The second-order valence-corrected chi connectivity index (χ2v) is 7.70. The molecule has 1 aromatic carbocycles. The third kappa shape index (κ3) is 4.45. The lowest BCUT2D eigenvalue weighted by Gasteiger charge is -2.06. The molecule has 1 heterocycles. The van der Waals surface area contributed by atoms with E-state index in [9.17, 15) is 4.79 Å². The van der Waals surface area contributed by atoms with E-state index in [1.54, 1.807) is 0 Å². The van der Waals surface area contributed by atoms with Crippen LogP contribution in [0.5, 0.6) is 0 Å². The molecule has 1 aliphatic rings. The Morgan fingerprint density at radius 2 is 2.00 bits per heavy atom. The van der Waals surface area contributed by atoms with Gasteiger partial charge in [0.1, 0.15) is 0 Å². The lowest BCUT2D eigenvalue weighted by atomic mass is 10.1. The van der Waals surface area contributed by atoms with Gasteiger partial charge >= 0.3 is 0 Å². The minimum Gasteiger partial charge on any atom is -0.357 e. The zero-order valence-electron chi connectivity index (χ0n) is 12.5. The number of nitrogens with zero attached hydrogens (tertiary/aromatic N) is 2. The van der Waals surface area contributed by atoms with Crippen LogP contribution in [0.1, 0.15) is 24.0 Å². The van der Waals surface area contributed by atoms with Crippen molar-refractivity contribution in [1.29, 1.82) is 0 Å². The van der Waals surface area contributed by atoms with Gasteiger partial charge in [0, 0.05) is 11.7 Å². The second kappa shape index (κ2) is 6.66. The number of aryl methyl sites for hydroxylation is 2. The predicted molar refractivity (Wildman–Crippen MR) is 91.8 cm³/mol. The van der Waals surface area contributed by atoms with Crippen LogP contribution in [0.3, 0.4) is 0 Å². The molecule has 0 radical (unpaired) electrons. The highest BCUT2D eigenvalue weighted by Gasteiger charge is 2.22. The van der Waals surface area contributed by atoms with Crippen molar-refractivity contribution < 1.29 is 4.79 Å². The number of hydrogen-bond donors (Lipinski definition) is 2. The molecule has 1 fully saturated rings. The first kappa shape index (κ1) is 15.3. The molecule has 1 amide bonds. The Labute approximate surface area is 137 Å². The molecule has 2 N–H and O–H groups in total. The standard InChI is InChI=1S/C15H18N4OS2/c1-9-5-10(2)7-12(6-9)16-13(20)8-21-15-19-18-14(22-15)17-11-3-4-11/h5-7,11H,3-4,8H2,1-2H3,(H,16,20)(H,17,18). The number of thioether (sulfide) groups is 1. The highest BCUT2D eigenvalue weighted by atomic mass is 32.2. The summed E-state index contributed by atoms with van der Waals surface area (Å²) < 4.78 is 0.818. The van der Waals surface area contributed by atoms with Crippen LogP contribution in [0.2, 0.25) is 0 Å².